The smallest absolute Gasteiger partial charge is 0.305 e. The predicted molar refractivity (Wildman–Crippen MR) is 78.9 cm³/mol. The minimum absolute atomic E-state index is 0.480. The van der Waals surface area contributed by atoms with Gasteiger partial charge in [-0.15, -0.1) is 11.3 Å². The Kier molecular flexibility index (Phi) is 4.54. The van der Waals surface area contributed by atoms with Crippen LogP contribution >= 0.6 is 46.1 Å². The van der Waals surface area contributed by atoms with Crippen LogP contribution < -0.4 is 10.6 Å². The van der Waals surface area contributed by atoms with E-state index in [2.05, 4.69) is 10.4 Å². The number of carbonyl (C=O) groups excluding carboxylic acids is 2. The monoisotopic (exact) mass is 352 g/mol. The van der Waals surface area contributed by atoms with Crippen molar-refractivity contribution in [1.29, 1.82) is 0 Å². The van der Waals surface area contributed by atoms with Crippen LogP contribution in [0.3, 0.4) is 0 Å². The van der Waals surface area contributed by atoms with E-state index in [4.69, 9.17) is 34.8 Å². The van der Waals surface area contributed by atoms with E-state index < -0.39 is 15.7 Å². The summed E-state index contributed by atoms with van der Waals surface area (Å²) < 4.78 is -0.617. The molecule has 0 radical (unpaired) electrons. The summed E-state index contributed by atoms with van der Waals surface area (Å²) in [7, 11) is 0. The number of alkyl halides is 3. The van der Waals surface area contributed by atoms with Crippen LogP contribution in [0.25, 0.3) is 5.00 Å². The molecule has 0 unspecified atom stereocenters. The molecule has 2 N–H and O–H groups in total. The number of rotatable bonds is 2. The van der Waals surface area contributed by atoms with Crippen molar-refractivity contribution in [3.63, 3.8) is 0 Å². The van der Waals surface area contributed by atoms with Gasteiger partial charge in [0.1, 0.15) is 5.00 Å². The molecule has 10 heteroatoms. The molecule has 0 atom stereocenters. The van der Waals surface area contributed by atoms with Crippen LogP contribution in [0.4, 0.5) is 10.5 Å². The Hall–Kier alpha value is -1.28. The van der Waals surface area contributed by atoms with E-state index >= 15 is 0 Å². The van der Waals surface area contributed by atoms with E-state index in [1.54, 1.807) is 34.6 Å². The number of imide groups is 1. The van der Waals surface area contributed by atoms with Gasteiger partial charge in [0.05, 0.1) is 5.69 Å². The Morgan fingerprint density at radius 1 is 1.35 bits per heavy atom. The molecule has 0 spiro atoms. The Balaban J connectivity index is 2.06. The second-order valence-corrected chi connectivity index (χ2v) is 6.67. The molecule has 0 fully saturated rings. The fourth-order valence-corrected chi connectivity index (χ4v) is 2.23. The average Bonchev–Trinajstić information content (AvgIpc) is 2.96. The molecule has 2 aromatic heterocycles. The van der Waals surface area contributed by atoms with Crippen molar-refractivity contribution in [3.05, 3.63) is 29.9 Å². The zero-order chi connectivity index (χ0) is 14.8. The lowest BCUT2D eigenvalue weighted by Gasteiger charge is -2.11. The highest BCUT2D eigenvalue weighted by Crippen LogP contribution is 2.27. The molecule has 2 aromatic rings. The lowest BCUT2D eigenvalue weighted by Crippen LogP contribution is -2.41. The zero-order valence-corrected chi connectivity index (χ0v) is 12.7. The van der Waals surface area contributed by atoms with Crippen molar-refractivity contribution in [3.8, 4) is 5.00 Å². The van der Waals surface area contributed by atoms with Gasteiger partial charge in [-0.05, 0) is 17.5 Å². The molecular formula is C10H7Cl3N4O2S. The number of amides is 3. The van der Waals surface area contributed by atoms with Crippen LogP contribution in [0, 0.1) is 0 Å². The minimum atomic E-state index is -2.20. The first-order chi connectivity index (χ1) is 9.38. The van der Waals surface area contributed by atoms with Crippen molar-refractivity contribution in [2.24, 2.45) is 0 Å². The average molecular weight is 354 g/mol. The summed E-state index contributed by atoms with van der Waals surface area (Å²) in [6.07, 6.45) is 3.33. The van der Waals surface area contributed by atoms with Crippen LogP contribution in [0.15, 0.2) is 29.9 Å². The molecule has 2 rings (SSSR count). The summed E-state index contributed by atoms with van der Waals surface area (Å²) in [4.78, 5) is 23.0. The first-order valence-electron chi connectivity index (χ1n) is 5.14. The number of aromatic nitrogens is 2. The van der Waals surface area contributed by atoms with Gasteiger partial charge in [-0.3, -0.25) is 10.1 Å². The number of nitrogens with zero attached hydrogens (tertiary/aromatic N) is 2. The third-order valence-electron chi connectivity index (χ3n) is 2.09. The van der Waals surface area contributed by atoms with E-state index in [0.29, 0.717) is 10.7 Å². The van der Waals surface area contributed by atoms with Crippen molar-refractivity contribution in [2.45, 2.75) is 3.79 Å². The first-order valence-corrected chi connectivity index (χ1v) is 7.16. The summed E-state index contributed by atoms with van der Waals surface area (Å²) in [6, 6.07) is 2.62. The summed E-state index contributed by atoms with van der Waals surface area (Å²) in [5, 5.41) is 10.9. The Labute approximate surface area is 132 Å². The quantitative estimate of drug-likeness (QED) is 0.815. The molecule has 20 heavy (non-hydrogen) atoms. The summed E-state index contributed by atoms with van der Waals surface area (Å²) in [5.74, 6) is -1.03. The van der Waals surface area contributed by atoms with E-state index in [0.717, 1.165) is 0 Å². The third-order valence-corrected chi connectivity index (χ3v) is 3.51. The molecule has 0 aromatic carbocycles. The van der Waals surface area contributed by atoms with E-state index in [1.807, 2.05) is 5.32 Å². The maximum Gasteiger partial charge on any atom is 0.326 e. The number of hydrogen-bond donors (Lipinski definition) is 2. The topological polar surface area (TPSA) is 76.0 Å². The molecular weight excluding hydrogens is 347 g/mol. The van der Waals surface area contributed by atoms with Gasteiger partial charge >= 0.3 is 6.03 Å². The number of urea groups is 1. The van der Waals surface area contributed by atoms with Crippen LogP contribution in [-0.2, 0) is 4.79 Å². The van der Waals surface area contributed by atoms with Gasteiger partial charge in [-0.25, -0.2) is 9.48 Å². The number of hydrogen-bond acceptors (Lipinski definition) is 4. The second-order valence-electron chi connectivity index (χ2n) is 3.50. The second kappa shape index (κ2) is 6.01. The van der Waals surface area contributed by atoms with E-state index in [1.165, 1.54) is 11.3 Å². The maximum atomic E-state index is 11.6. The highest BCUT2D eigenvalue weighted by molar-refractivity contribution is 7.13. The summed E-state index contributed by atoms with van der Waals surface area (Å²) in [5.41, 5.74) is 0.480. The maximum absolute atomic E-state index is 11.6. The van der Waals surface area contributed by atoms with Gasteiger partial charge in [0.25, 0.3) is 9.70 Å². The molecule has 6 nitrogen and oxygen atoms in total. The van der Waals surface area contributed by atoms with Gasteiger partial charge in [0.15, 0.2) is 0 Å². The largest absolute Gasteiger partial charge is 0.326 e. The van der Waals surface area contributed by atoms with Gasteiger partial charge < -0.3 is 5.32 Å². The van der Waals surface area contributed by atoms with E-state index in [-0.39, 0.29) is 0 Å². The number of anilines is 1. The zero-order valence-electron chi connectivity index (χ0n) is 9.64. The summed E-state index contributed by atoms with van der Waals surface area (Å²) in [6.45, 7) is 0. The summed E-state index contributed by atoms with van der Waals surface area (Å²) >= 11 is 17.4. The molecule has 0 aliphatic rings. The molecule has 0 saturated heterocycles. The fraction of sp³-hybridized carbons (Fsp3) is 0.100. The Morgan fingerprint density at radius 3 is 2.70 bits per heavy atom. The van der Waals surface area contributed by atoms with Crippen LogP contribution in [0.2, 0.25) is 0 Å². The van der Waals surface area contributed by atoms with Crippen molar-refractivity contribution in [2.75, 3.05) is 5.32 Å². The van der Waals surface area contributed by atoms with Gasteiger partial charge in [0.2, 0.25) is 0 Å². The molecule has 0 aliphatic carbocycles. The van der Waals surface area contributed by atoms with Crippen LogP contribution in [0.1, 0.15) is 0 Å². The number of halogens is 3. The van der Waals surface area contributed by atoms with Gasteiger partial charge in [-0.2, -0.15) is 5.10 Å². The standard InChI is InChI=1S/C10H7Cl3N4O2S/c11-10(12,13)8(18)16-9(19)15-6-2-5-20-7(6)17-4-1-3-14-17/h1-5H,(H2,15,16,18,19). The predicted octanol–water partition coefficient (Wildman–Crippen LogP) is 2.95. The van der Waals surface area contributed by atoms with Crippen molar-refractivity contribution in [1.82, 2.24) is 15.1 Å². The number of carbonyl (C=O) groups is 2. The molecule has 2 heterocycles. The van der Waals surface area contributed by atoms with E-state index in [9.17, 15) is 9.59 Å². The lowest BCUT2D eigenvalue weighted by molar-refractivity contribution is -0.119. The lowest BCUT2D eigenvalue weighted by atomic mass is 10.5. The van der Waals surface area contributed by atoms with Crippen LogP contribution in [0.5, 0.6) is 0 Å². The molecule has 0 saturated carbocycles. The van der Waals surface area contributed by atoms with Crippen molar-refractivity contribution < 1.29 is 9.59 Å². The molecule has 3 amide bonds. The fourth-order valence-electron chi connectivity index (χ4n) is 1.29. The highest BCUT2D eigenvalue weighted by atomic mass is 35.6. The highest BCUT2D eigenvalue weighted by Gasteiger charge is 2.32. The molecule has 0 bridgehead atoms. The Morgan fingerprint density at radius 2 is 2.10 bits per heavy atom. The molecule has 0 aliphatic heterocycles. The Bertz CT molecular complexity index is 621. The number of nitrogens with one attached hydrogen (secondary N) is 2. The third kappa shape index (κ3) is 3.63. The van der Waals surface area contributed by atoms with Crippen LogP contribution in [-0.4, -0.2) is 25.5 Å². The van der Waals surface area contributed by atoms with Crippen molar-refractivity contribution >= 4 is 63.8 Å². The number of thiophene rings is 1. The molecule has 106 valence electrons. The SMILES string of the molecule is O=C(NC(=O)C(Cl)(Cl)Cl)Nc1ccsc1-n1cccn1. The first kappa shape index (κ1) is 15.1. The minimum Gasteiger partial charge on any atom is -0.305 e. The van der Waals surface area contributed by atoms with Gasteiger partial charge in [-0.1, -0.05) is 34.8 Å². The van der Waals surface area contributed by atoms with Gasteiger partial charge in [0, 0.05) is 12.4 Å². The normalized spacial score (nSPS) is 11.2.